The van der Waals surface area contributed by atoms with E-state index in [9.17, 15) is 4.79 Å². The van der Waals surface area contributed by atoms with E-state index in [-0.39, 0.29) is 5.97 Å². The molecule has 0 aromatic heterocycles. The summed E-state index contributed by atoms with van der Waals surface area (Å²) in [5, 5.41) is 0. The van der Waals surface area contributed by atoms with Gasteiger partial charge in [-0.2, -0.15) is 0 Å². The van der Waals surface area contributed by atoms with Gasteiger partial charge in [-0.25, -0.2) is 4.79 Å². The van der Waals surface area contributed by atoms with Gasteiger partial charge >= 0.3 is 5.97 Å². The number of carbonyl (C=O) groups is 1. The molecule has 1 aromatic carbocycles. The van der Waals surface area contributed by atoms with Crippen molar-refractivity contribution in [1.82, 2.24) is 0 Å². The van der Waals surface area contributed by atoms with Crippen LogP contribution in [0.15, 0.2) is 18.2 Å². The second-order valence-corrected chi connectivity index (χ2v) is 5.41. The summed E-state index contributed by atoms with van der Waals surface area (Å²) in [6.45, 7) is 10.7. The zero-order chi connectivity index (χ0) is 14.4. The third-order valence-corrected chi connectivity index (χ3v) is 2.88. The van der Waals surface area contributed by atoms with Gasteiger partial charge in [0.1, 0.15) is 0 Å². The number of rotatable bonds is 6. The normalized spacial score (nSPS) is 12.5. The fraction of sp³-hybridized carbons (Fsp3) is 0.562. The predicted molar refractivity (Wildman–Crippen MR) is 76.0 cm³/mol. The number of ether oxygens (including phenoxy) is 2. The molecule has 1 aromatic rings. The highest BCUT2D eigenvalue weighted by molar-refractivity contribution is 5.74. The smallest absolute Gasteiger partial charge is 0.334 e. The monoisotopic (exact) mass is 264 g/mol. The molecule has 0 heterocycles. The maximum atomic E-state index is 11.7. The lowest BCUT2D eigenvalue weighted by Gasteiger charge is -2.15. The Bertz CT molecular complexity index is 424. The van der Waals surface area contributed by atoms with Crippen LogP contribution >= 0.6 is 0 Å². The van der Waals surface area contributed by atoms with Crippen LogP contribution in [0.2, 0.25) is 0 Å². The van der Waals surface area contributed by atoms with Gasteiger partial charge < -0.3 is 9.47 Å². The molecule has 0 amide bonds. The Hall–Kier alpha value is -1.35. The molecule has 3 heteroatoms. The molecule has 0 spiro atoms. The van der Waals surface area contributed by atoms with E-state index < -0.39 is 6.10 Å². The molecule has 0 fully saturated rings. The first kappa shape index (κ1) is 15.7. The third kappa shape index (κ3) is 5.43. The fourth-order valence-electron chi connectivity index (χ4n) is 1.66. The van der Waals surface area contributed by atoms with E-state index in [4.69, 9.17) is 9.47 Å². The van der Waals surface area contributed by atoms with Crippen LogP contribution in [0.25, 0.3) is 0 Å². The summed E-state index contributed by atoms with van der Waals surface area (Å²) in [6, 6.07) is 6.20. The molecule has 0 aliphatic carbocycles. The lowest BCUT2D eigenvalue weighted by molar-refractivity contribution is -0.157. The summed E-state index contributed by atoms with van der Waals surface area (Å²) in [4.78, 5) is 11.7. The molecule has 0 radical (unpaired) electrons. The van der Waals surface area contributed by atoms with Crippen molar-refractivity contribution in [2.45, 2.75) is 47.3 Å². The molecule has 0 saturated carbocycles. The van der Waals surface area contributed by atoms with Gasteiger partial charge in [-0.1, -0.05) is 37.6 Å². The van der Waals surface area contributed by atoms with Gasteiger partial charge in [0.05, 0.1) is 13.2 Å². The van der Waals surface area contributed by atoms with Gasteiger partial charge in [0, 0.05) is 0 Å². The van der Waals surface area contributed by atoms with Gasteiger partial charge in [0.15, 0.2) is 6.10 Å². The third-order valence-electron chi connectivity index (χ3n) is 2.88. The molecule has 19 heavy (non-hydrogen) atoms. The van der Waals surface area contributed by atoms with Crippen molar-refractivity contribution >= 4 is 5.97 Å². The number of hydrogen-bond donors (Lipinski definition) is 0. The molecule has 0 bridgehead atoms. The summed E-state index contributed by atoms with van der Waals surface area (Å²) < 4.78 is 10.7. The molecular formula is C16H24O3. The molecule has 0 aliphatic rings. The minimum atomic E-state index is -0.528. The van der Waals surface area contributed by atoms with Crippen LogP contribution in [-0.4, -0.2) is 18.7 Å². The number of hydrogen-bond acceptors (Lipinski definition) is 3. The molecular weight excluding hydrogens is 240 g/mol. The second kappa shape index (κ2) is 7.29. The van der Waals surface area contributed by atoms with Crippen molar-refractivity contribution in [3.8, 4) is 0 Å². The lowest BCUT2D eigenvalue weighted by atomic mass is 10.1. The van der Waals surface area contributed by atoms with Crippen molar-refractivity contribution in [2.75, 3.05) is 6.61 Å². The zero-order valence-corrected chi connectivity index (χ0v) is 12.5. The predicted octanol–water partition coefficient (Wildman–Crippen LogP) is 3.41. The number of esters is 1. The maximum Gasteiger partial charge on any atom is 0.334 e. The Morgan fingerprint density at radius 1 is 1.21 bits per heavy atom. The quantitative estimate of drug-likeness (QED) is 0.739. The van der Waals surface area contributed by atoms with Crippen molar-refractivity contribution in [1.29, 1.82) is 0 Å². The highest BCUT2D eigenvalue weighted by Crippen LogP contribution is 2.13. The molecule has 1 rings (SSSR count). The lowest BCUT2D eigenvalue weighted by Crippen LogP contribution is -2.24. The van der Waals surface area contributed by atoms with Crippen LogP contribution in [0, 0.1) is 19.8 Å². The van der Waals surface area contributed by atoms with Crippen molar-refractivity contribution in [3.05, 3.63) is 34.9 Å². The topological polar surface area (TPSA) is 35.5 Å². The fourth-order valence-corrected chi connectivity index (χ4v) is 1.66. The Morgan fingerprint density at radius 2 is 1.89 bits per heavy atom. The largest absolute Gasteiger partial charge is 0.464 e. The highest BCUT2D eigenvalue weighted by atomic mass is 16.6. The van der Waals surface area contributed by atoms with Crippen LogP contribution in [-0.2, 0) is 20.9 Å². The summed E-state index contributed by atoms with van der Waals surface area (Å²) in [7, 11) is 0. The van der Waals surface area contributed by atoms with E-state index in [0.29, 0.717) is 19.1 Å². The molecule has 1 atom stereocenters. The van der Waals surface area contributed by atoms with Crippen molar-refractivity contribution in [2.24, 2.45) is 5.92 Å². The Labute approximate surface area is 115 Å². The van der Waals surface area contributed by atoms with Crippen LogP contribution in [0.1, 0.15) is 37.5 Å². The molecule has 0 N–H and O–H groups in total. The maximum absolute atomic E-state index is 11.7. The zero-order valence-electron chi connectivity index (χ0n) is 12.5. The Kier molecular flexibility index (Phi) is 6.03. The SMILES string of the molecule is Cc1ccc(COC(C)C(=O)OCC(C)C)c(C)c1. The van der Waals surface area contributed by atoms with E-state index in [1.54, 1.807) is 6.92 Å². The van der Waals surface area contributed by atoms with Crippen molar-refractivity contribution < 1.29 is 14.3 Å². The first-order chi connectivity index (χ1) is 8.90. The molecule has 0 aliphatic heterocycles. The minimum absolute atomic E-state index is 0.293. The Morgan fingerprint density at radius 3 is 2.47 bits per heavy atom. The summed E-state index contributed by atoms with van der Waals surface area (Å²) in [5.74, 6) is 0.0500. The molecule has 1 unspecified atom stereocenters. The van der Waals surface area contributed by atoms with Gasteiger partial charge in [0.2, 0.25) is 0 Å². The van der Waals surface area contributed by atoms with Crippen LogP contribution < -0.4 is 0 Å². The van der Waals surface area contributed by atoms with E-state index in [1.807, 2.05) is 32.9 Å². The molecule has 106 valence electrons. The van der Waals surface area contributed by atoms with Gasteiger partial charge in [0.25, 0.3) is 0 Å². The van der Waals surface area contributed by atoms with E-state index in [1.165, 1.54) is 11.1 Å². The first-order valence-electron chi connectivity index (χ1n) is 6.74. The van der Waals surface area contributed by atoms with E-state index in [2.05, 4.69) is 13.0 Å². The first-order valence-corrected chi connectivity index (χ1v) is 6.74. The minimum Gasteiger partial charge on any atom is -0.464 e. The van der Waals surface area contributed by atoms with Crippen LogP contribution in [0.4, 0.5) is 0 Å². The Balaban J connectivity index is 2.45. The highest BCUT2D eigenvalue weighted by Gasteiger charge is 2.15. The average Bonchev–Trinajstić information content (AvgIpc) is 2.34. The van der Waals surface area contributed by atoms with Crippen LogP contribution in [0.5, 0.6) is 0 Å². The number of aryl methyl sites for hydroxylation is 2. The van der Waals surface area contributed by atoms with E-state index >= 15 is 0 Å². The summed E-state index contributed by atoms with van der Waals surface area (Å²) >= 11 is 0. The number of carbonyl (C=O) groups excluding carboxylic acids is 1. The molecule has 3 nitrogen and oxygen atoms in total. The van der Waals surface area contributed by atoms with Crippen LogP contribution in [0.3, 0.4) is 0 Å². The average molecular weight is 264 g/mol. The summed E-state index contributed by atoms with van der Waals surface area (Å²) in [5.41, 5.74) is 3.52. The standard InChI is InChI=1S/C16H24O3/c1-11(2)9-19-16(17)14(5)18-10-15-7-6-12(3)8-13(15)4/h6-8,11,14H,9-10H2,1-5H3. The van der Waals surface area contributed by atoms with Gasteiger partial charge in [-0.05, 0) is 37.8 Å². The number of benzene rings is 1. The summed E-state index contributed by atoms with van der Waals surface area (Å²) in [6.07, 6.45) is -0.528. The van der Waals surface area contributed by atoms with Gasteiger partial charge in [-0.3, -0.25) is 0 Å². The van der Waals surface area contributed by atoms with Gasteiger partial charge in [-0.15, -0.1) is 0 Å². The second-order valence-electron chi connectivity index (χ2n) is 5.41. The van der Waals surface area contributed by atoms with E-state index in [0.717, 1.165) is 5.56 Å². The molecule has 0 saturated heterocycles. The van der Waals surface area contributed by atoms with Crippen molar-refractivity contribution in [3.63, 3.8) is 0 Å².